The molecule has 102 valence electrons. The minimum absolute atomic E-state index is 0.0724. The molecule has 1 rings (SSSR count). The zero-order valence-corrected chi connectivity index (χ0v) is 11.4. The molecule has 2 atom stereocenters. The largest absolute Gasteiger partial charge is 0.466 e. The molecule has 2 unspecified atom stereocenters. The molecule has 0 aromatic heterocycles. The Labute approximate surface area is 108 Å². The third-order valence-corrected chi connectivity index (χ3v) is 3.26. The van der Waals surface area contributed by atoms with E-state index in [2.05, 4.69) is 0 Å². The van der Waals surface area contributed by atoms with Crippen LogP contribution >= 0.6 is 0 Å². The topological polar surface area (TPSA) is 52.6 Å². The lowest BCUT2D eigenvalue weighted by Gasteiger charge is -2.27. The van der Waals surface area contributed by atoms with Crippen molar-refractivity contribution < 1.29 is 19.1 Å². The molecule has 0 heterocycles. The van der Waals surface area contributed by atoms with Gasteiger partial charge in [-0.15, -0.1) is 0 Å². The van der Waals surface area contributed by atoms with Crippen LogP contribution in [0.4, 0.5) is 0 Å². The average Bonchev–Trinajstić information content (AvgIpc) is 2.38. The van der Waals surface area contributed by atoms with Crippen LogP contribution in [0.5, 0.6) is 0 Å². The van der Waals surface area contributed by atoms with Crippen LogP contribution in [0.3, 0.4) is 0 Å². The highest BCUT2D eigenvalue weighted by Crippen LogP contribution is 2.32. The third-order valence-electron chi connectivity index (χ3n) is 3.26. The summed E-state index contributed by atoms with van der Waals surface area (Å²) in [5.74, 6) is -0.893. The first-order chi connectivity index (χ1) is 8.61. The Hall–Kier alpha value is -1.32. The second-order valence-electron chi connectivity index (χ2n) is 4.46. The summed E-state index contributed by atoms with van der Waals surface area (Å²) in [5, 5.41) is 0. The summed E-state index contributed by atoms with van der Waals surface area (Å²) in [7, 11) is 0. The fraction of sp³-hybridized carbons (Fsp3) is 0.714. The number of hydrogen-bond donors (Lipinski definition) is 0. The summed E-state index contributed by atoms with van der Waals surface area (Å²) in [6.07, 6.45) is 4.62. The lowest BCUT2D eigenvalue weighted by atomic mass is 9.79. The quantitative estimate of drug-likeness (QED) is 0.707. The fourth-order valence-corrected chi connectivity index (χ4v) is 2.31. The van der Waals surface area contributed by atoms with Crippen molar-refractivity contribution in [3.8, 4) is 0 Å². The highest BCUT2D eigenvalue weighted by molar-refractivity contribution is 5.90. The molecule has 0 saturated heterocycles. The second-order valence-corrected chi connectivity index (χ2v) is 4.46. The highest BCUT2D eigenvalue weighted by atomic mass is 16.5. The van der Waals surface area contributed by atoms with Crippen LogP contribution in [0.2, 0.25) is 0 Å². The molecule has 0 N–H and O–H groups in total. The molecule has 0 spiro atoms. The van der Waals surface area contributed by atoms with E-state index in [9.17, 15) is 9.59 Å². The Morgan fingerprint density at radius 1 is 1.33 bits per heavy atom. The monoisotopic (exact) mass is 254 g/mol. The smallest absolute Gasteiger partial charge is 0.333 e. The van der Waals surface area contributed by atoms with Gasteiger partial charge in [0.2, 0.25) is 0 Å². The fourth-order valence-electron chi connectivity index (χ4n) is 2.31. The van der Waals surface area contributed by atoms with Gasteiger partial charge < -0.3 is 9.47 Å². The van der Waals surface area contributed by atoms with Crippen molar-refractivity contribution in [3.63, 3.8) is 0 Å². The van der Waals surface area contributed by atoms with Crippen molar-refractivity contribution in [1.82, 2.24) is 0 Å². The maximum Gasteiger partial charge on any atom is 0.333 e. The Bertz CT molecular complexity index is 333. The lowest BCUT2D eigenvalue weighted by Crippen LogP contribution is -2.29. The normalized spacial score (nSPS) is 20.8. The summed E-state index contributed by atoms with van der Waals surface area (Å²) < 4.78 is 10.1. The second kappa shape index (κ2) is 7.19. The van der Waals surface area contributed by atoms with E-state index in [1.165, 1.54) is 0 Å². The Morgan fingerprint density at radius 3 is 2.61 bits per heavy atom. The summed E-state index contributed by atoms with van der Waals surface area (Å²) in [6.45, 7) is 6.12. The van der Waals surface area contributed by atoms with Crippen molar-refractivity contribution >= 4 is 11.9 Å². The molecular formula is C14H22O4. The first kappa shape index (κ1) is 14.7. The average molecular weight is 254 g/mol. The number of rotatable bonds is 5. The van der Waals surface area contributed by atoms with Gasteiger partial charge in [-0.3, -0.25) is 4.79 Å². The van der Waals surface area contributed by atoms with E-state index in [1.54, 1.807) is 13.8 Å². The predicted octanol–water partition coefficient (Wildman–Crippen LogP) is 2.48. The molecule has 0 aromatic carbocycles. The van der Waals surface area contributed by atoms with Crippen molar-refractivity contribution in [2.24, 2.45) is 11.8 Å². The van der Waals surface area contributed by atoms with E-state index in [-0.39, 0.29) is 23.8 Å². The number of allylic oxidation sites excluding steroid dienone is 1. The van der Waals surface area contributed by atoms with Gasteiger partial charge in [-0.2, -0.15) is 0 Å². The summed E-state index contributed by atoms with van der Waals surface area (Å²) in [5.41, 5.74) is 0.642. The number of hydrogen-bond acceptors (Lipinski definition) is 4. The molecule has 4 heteroatoms. The summed E-state index contributed by atoms with van der Waals surface area (Å²) in [4.78, 5) is 23.6. The summed E-state index contributed by atoms with van der Waals surface area (Å²) >= 11 is 0. The molecule has 0 aromatic rings. The first-order valence-corrected chi connectivity index (χ1v) is 6.65. The lowest BCUT2D eigenvalue weighted by molar-refractivity contribution is -0.149. The molecule has 18 heavy (non-hydrogen) atoms. The zero-order valence-electron chi connectivity index (χ0n) is 11.4. The van der Waals surface area contributed by atoms with E-state index in [1.807, 2.05) is 13.0 Å². The van der Waals surface area contributed by atoms with Crippen molar-refractivity contribution in [3.05, 3.63) is 11.6 Å². The first-order valence-electron chi connectivity index (χ1n) is 6.65. The number of esters is 2. The number of carbonyl (C=O) groups is 2. The van der Waals surface area contributed by atoms with E-state index in [0.29, 0.717) is 18.8 Å². The Balaban J connectivity index is 2.78. The van der Waals surface area contributed by atoms with Crippen LogP contribution in [0.1, 0.15) is 40.0 Å². The molecule has 0 radical (unpaired) electrons. The molecule has 0 bridgehead atoms. The van der Waals surface area contributed by atoms with Crippen molar-refractivity contribution in [2.45, 2.75) is 40.0 Å². The zero-order chi connectivity index (χ0) is 13.5. The van der Waals surface area contributed by atoms with E-state index < -0.39 is 0 Å². The van der Waals surface area contributed by atoms with Gasteiger partial charge in [-0.05, 0) is 33.1 Å². The van der Waals surface area contributed by atoms with Crippen LogP contribution in [-0.2, 0) is 19.1 Å². The summed E-state index contributed by atoms with van der Waals surface area (Å²) in [6, 6.07) is 0. The van der Waals surface area contributed by atoms with E-state index in [0.717, 1.165) is 19.3 Å². The molecule has 0 aliphatic heterocycles. The SMILES string of the molecule is CCOC(=O)C1=CCCCC1C(C)C(=O)OCC. The van der Waals surface area contributed by atoms with Crippen LogP contribution in [0.15, 0.2) is 11.6 Å². The van der Waals surface area contributed by atoms with Gasteiger partial charge in [0.05, 0.1) is 19.1 Å². The Morgan fingerprint density at radius 2 is 2.00 bits per heavy atom. The minimum atomic E-state index is -0.293. The molecular weight excluding hydrogens is 232 g/mol. The maximum atomic E-state index is 11.9. The van der Waals surface area contributed by atoms with Crippen LogP contribution in [0, 0.1) is 11.8 Å². The van der Waals surface area contributed by atoms with Gasteiger partial charge in [-0.25, -0.2) is 4.79 Å². The van der Waals surface area contributed by atoms with Crippen LogP contribution in [0.25, 0.3) is 0 Å². The van der Waals surface area contributed by atoms with Gasteiger partial charge >= 0.3 is 11.9 Å². The minimum Gasteiger partial charge on any atom is -0.466 e. The standard InChI is InChI=1S/C14H22O4/c1-4-17-13(15)10(3)11-8-6-7-9-12(11)14(16)18-5-2/h9-11H,4-8H2,1-3H3. The van der Waals surface area contributed by atoms with Gasteiger partial charge in [0, 0.05) is 11.5 Å². The molecule has 0 amide bonds. The molecule has 0 fully saturated rings. The Kier molecular flexibility index (Phi) is 5.89. The molecule has 4 nitrogen and oxygen atoms in total. The van der Waals surface area contributed by atoms with E-state index >= 15 is 0 Å². The predicted molar refractivity (Wildman–Crippen MR) is 67.9 cm³/mol. The molecule has 1 aliphatic carbocycles. The third kappa shape index (κ3) is 3.59. The van der Waals surface area contributed by atoms with Gasteiger partial charge in [-0.1, -0.05) is 13.0 Å². The highest BCUT2D eigenvalue weighted by Gasteiger charge is 2.33. The maximum absolute atomic E-state index is 11.9. The van der Waals surface area contributed by atoms with Gasteiger partial charge in [0.15, 0.2) is 0 Å². The molecule has 0 saturated carbocycles. The van der Waals surface area contributed by atoms with Crippen LogP contribution in [-0.4, -0.2) is 25.2 Å². The number of carbonyl (C=O) groups excluding carboxylic acids is 2. The van der Waals surface area contributed by atoms with Crippen molar-refractivity contribution in [1.29, 1.82) is 0 Å². The van der Waals surface area contributed by atoms with Crippen LogP contribution < -0.4 is 0 Å². The van der Waals surface area contributed by atoms with Gasteiger partial charge in [0.25, 0.3) is 0 Å². The van der Waals surface area contributed by atoms with E-state index in [4.69, 9.17) is 9.47 Å². The van der Waals surface area contributed by atoms with Gasteiger partial charge in [0.1, 0.15) is 0 Å². The van der Waals surface area contributed by atoms with Crippen molar-refractivity contribution in [2.75, 3.05) is 13.2 Å². The molecule has 1 aliphatic rings. The number of ether oxygens (including phenoxy) is 2.